The van der Waals surface area contributed by atoms with Gasteiger partial charge >= 0.3 is 0 Å². The third-order valence-electron chi connectivity index (χ3n) is 3.16. The maximum atomic E-state index is 11.8. The lowest BCUT2D eigenvalue weighted by Gasteiger charge is -2.07. The van der Waals surface area contributed by atoms with Gasteiger partial charge in [0, 0.05) is 17.3 Å². The number of thioether (sulfide) groups is 1. The molecule has 0 spiro atoms. The number of rotatable bonds is 3. The molecule has 0 aliphatic carbocycles. The van der Waals surface area contributed by atoms with Gasteiger partial charge in [-0.2, -0.15) is 0 Å². The van der Waals surface area contributed by atoms with Gasteiger partial charge in [0.05, 0.1) is 10.7 Å². The van der Waals surface area contributed by atoms with Crippen LogP contribution < -0.4 is 11.1 Å². The van der Waals surface area contributed by atoms with E-state index in [9.17, 15) is 4.79 Å². The summed E-state index contributed by atoms with van der Waals surface area (Å²) in [5, 5.41) is 3.88. The van der Waals surface area contributed by atoms with Gasteiger partial charge in [-0.25, -0.2) is 9.97 Å². The SMILES string of the molecule is CCc1cnc(/C(C(N)=O)=C2/Nc3ccccc3S2)nc1. The van der Waals surface area contributed by atoms with Crippen LogP contribution in [-0.4, -0.2) is 15.9 Å². The number of anilines is 1. The van der Waals surface area contributed by atoms with Crippen molar-refractivity contribution in [1.82, 2.24) is 9.97 Å². The minimum absolute atomic E-state index is 0.318. The molecular formula is C15H14N4OS. The predicted octanol–water partition coefficient (Wildman–Crippen LogP) is 2.41. The first-order chi connectivity index (χ1) is 10.2. The van der Waals surface area contributed by atoms with Crippen molar-refractivity contribution in [3.63, 3.8) is 0 Å². The molecule has 0 saturated carbocycles. The summed E-state index contributed by atoms with van der Waals surface area (Å²) >= 11 is 1.47. The van der Waals surface area contributed by atoms with Crippen LogP contribution in [0, 0.1) is 0 Å². The minimum atomic E-state index is -0.540. The number of para-hydroxylation sites is 1. The van der Waals surface area contributed by atoms with Crippen molar-refractivity contribution in [2.75, 3.05) is 5.32 Å². The minimum Gasteiger partial charge on any atom is -0.365 e. The van der Waals surface area contributed by atoms with Gasteiger partial charge < -0.3 is 11.1 Å². The second-order valence-electron chi connectivity index (χ2n) is 4.56. The number of aryl methyl sites for hydroxylation is 1. The van der Waals surface area contributed by atoms with Crippen molar-refractivity contribution in [2.24, 2.45) is 5.73 Å². The Balaban J connectivity index is 2.03. The summed E-state index contributed by atoms with van der Waals surface area (Å²) < 4.78 is 0. The Hall–Kier alpha value is -2.34. The van der Waals surface area contributed by atoms with Gasteiger partial charge in [0.15, 0.2) is 5.82 Å². The Labute approximate surface area is 126 Å². The number of aromatic nitrogens is 2. The number of hydrogen-bond acceptors (Lipinski definition) is 5. The van der Waals surface area contributed by atoms with Crippen molar-refractivity contribution in [2.45, 2.75) is 18.2 Å². The second-order valence-corrected chi connectivity index (χ2v) is 5.61. The molecule has 21 heavy (non-hydrogen) atoms. The van der Waals surface area contributed by atoms with Crippen LogP contribution in [-0.2, 0) is 11.2 Å². The molecule has 6 heteroatoms. The molecule has 1 aliphatic rings. The Morgan fingerprint density at radius 1 is 1.29 bits per heavy atom. The Bertz CT molecular complexity index is 698. The van der Waals surface area contributed by atoms with Crippen LogP contribution in [0.4, 0.5) is 5.69 Å². The standard InChI is InChI=1S/C15H14N4OS/c1-2-9-7-17-14(18-8-9)12(13(16)20)15-19-10-5-3-4-6-11(10)21-15/h3-8,19H,2H2,1H3,(H2,16,20)/b15-12-. The summed E-state index contributed by atoms with van der Waals surface area (Å²) in [7, 11) is 0. The molecule has 1 amide bonds. The number of nitrogens with two attached hydrogens (primary N) is 1. The molecule has 0 saturated heterocycles. The summed E-state index contributed by atoms with van der Waals surface area (Å²) in [5.74, 6) is -0.190. The highest BCUT2D eigenvalue weighted by Gasteiger charge is 2.24. The molecular weight excluding hydrogens is 284 g/mol. The van der Waals surface area contributed by atoms with Crippen LogP contribution in [0.15, 0.2) is 46.6 Å². The zero-order valence-corrected chi connectivity index (χ0v) is 12.3. The molecule has 1 aliphatic heterocycles. The molecule has 0 fully saturated rings. The fourth-order valence-corrected chi connectivity index (χ4v) is 3.07. The smallest absolute Gasteiger partial charge is 0.255 e. The van der Waals surface area contributed by atoms with Crippen LogP contribution in [0.25, 0.3) is 5.57 Å². The lowest BCUT2D eigenvalue weighted by atomic mass is 10.2. The lowest BCUT2D eigenvalue weighted by Crippen LogP contribution is -2.17. The molecule has 0 unspecified atom stereocenters. The molecule has 2 heterocycles. The van der Waals surface area contributed by atoms with Gasteiger partial charge in [-0.1, -0.05) is 30.8 Å². The van der Waals surface area contributed by atoms with Crippen LogP contribution >= 0.6 is 11.8 Å². The first-order valence-electron chi connectivity index (χ1n) is 6.58. The second kappa shape index (κ2) is 5.57. The normalized spacial score (nSPS) is 15.3. The van der Waals surface area contributed by atoms with E-state index in [0.29, 0.717) is 16.4 Å². The molecule has 3 N–H and O–H groups in total. The molecule has 0 atom stereocenters. The van der Waals surface area contributed by atoms with Crippen molar-refractivity contribution in [1.29, 1.82) is 0 Å². The van der Waals surface area contributed by atoms with E-state index < -0.39 is 5.91 Å². The summed E-state index contributed by atoms with van der Waals surface area (Å²) in [6.07, 6.45) is 4.29. The number of nitrogens with zero attached hydrogens (tertiary/aromatic N) is 2. The first-order valence-corrected chi connectivity index (χ1v) is 7.40. The van der Waals surface area contributed by atoms with E-state index in [-0.39, 0.29) is 0 Å². The maximum Gasteiger partial charge on any atom is 0.255 e. The largest absolute Gasteiger partial charge is 0.365 e. The van der Waals surface area contributed by atoms with Crippen molar-refractivity contribution in [3.8, 4) is 0 Å². The Kier molecular flexibility index (Phi) is 3.62. The zero-order chi connectivity index (χ0) is 14.8. The van der Waals surface area contributed by atoms with Gasteiger partial charge in [-0.05, 0) is 24.1 Å². The number of amides is 1. The molecule has 3 rings (SSSR count). The van der Waals surface area contributed by atoms with E-state index in [2.05, 4.69) is 15.3 Å². The molecule has 106 valence electrons. The zero-order valence-electron chi connectivity index (χ0n) is 11.5. The van der Waals surface area contributed by atoms with Crippen LogP contribution in [0.3, 0.4) is 0 Å². The number of nitrogens with one attached hydrogen (secondary N) is 1. The molecule has 2 aromatic rings. The van der Waals surface area contributed by atoms with Gasteiger partial charge in [0.25, 0.3) is 5.91 Å². The molecule has 0 bridgehead atoms. The monoisotopic (exact) mass is 298 g/mol. The molecule has 0 radical (unpaired) electrons. The highest BCUT2D eigenvalue weighted by atomic mass is 32.2. The third kappa shape index (κ3) is 2.62. The third-order valence-corrected chi connectivity index (χ3v) is 4.24. The van der Waals surface area contributed by atoms with E-state index in [1.807, 2.05) is 31.2 Å². The highest BCUT2D eigenvalue weighted by molar-refractivity contribution is 8.04. The van der Waals surface area contributed by atoms with Crippen molar-refractivity contribution in [3.05, 3.63) is 53.1 Å². The van der Waals surface area contributed by atoms with Gasteiger partial charge in [-0.15, -0.1) is 0 Å². The quantitative estimate of drug-likeness (QED) is 0.851. The first kappa shape index (κ1) is 13.6. The van der Waals surface area contributed by atoms with Gasteiger partial charge in [-0.3, -0.25) is 4.79 Å². The Morgan fingerprint density at radius 3 is 2.62 bits per heavy atom. The number of hydrogen-bond donors (Lipinski definition) is 2. The van der Waals surface area contributed by atoms with Crippen LogP contribution in [0.1, 0.15) is 18.3 Å². The summed E-state index contributed by atoms with van der Waals surface area (Å²) in [6.45, 7) is 2.02. The van der Waals surface area contributed by atoms with E-state index in [1.54, 1.807) is 12.4 Å². The number of primary amides is 1. The Morgan fingerprint density at radius 2 is 2.00 bits per heavy atom. The van der Waals surface area contributed by atoms with E-state index in [0.717, 1.165) is 22.6 Å². The van der Waals surface area contributed by atoms with E-state index in [1.165, 1.54) is 11.8 Å². The number of fused-ring (bicyclic) bond motifs is 1. The van der Waals surface area contributed by atoms with Gasteiger partial charge in [0.1, 0.15) is 5.57 Å². The van der Waals surface area contributed by atoms with Crippen LogP contribution in [0.5, 0.6) is 0 Å². The highest BCUT2D eigenvalue weighted by Crippen LogP contribution is 2.43. The molecule has 1 aromatic carbocycles. The topological polar surface area (TPSA) is 80.9 Å². The summed E-state index contributed by atoms with van der Waals surface area (Å²) in [5.41, 5.74) is 7.82. The fourth-order valence-electron chi connectivity index (χ4n) is 2.02. The summed E-state index contributed by atoms with van der Waals surface area (Å²) in [4.78, 5) is 21.4. The van der Waals surface area contributed by atoms with Gasteiger partial charge in [0.2, 0.25) is 0 Å². The van der Waals surface area contributed by atoms with E-state index >= 15 is 0 Å². The predicted molar refractivity (Wildman–Crippen MR) is 83.4 cm³/mol. The van der Waals surface area contributed by atoms with Crippen molar-refractivity contribution >= 4 is 28.9 Å². The number of benzene rings is 1. The van der Waals surface area contributed by atoms with Crippen molar-refractivity contribution < 1.29 is 4.79 Å². The lowest BCUT2D eigenvalue weighted by molar-refractivity contribution is -0.112. The average molecular weight is 298 g/mol. The average Bonchev–Trinajstić information content (AvgIpc) is 2.91. The maximum absolute atomic E-state index is 11.8. The summed E-state index contributed by atoms with van der Waals surface area (Å²) in [6, 6.07) is 7.83. The van der Waals surface area contributed by atoms with Crippen LogP contribution in [0.2, 0.25) is 0 Å². The number of carbonyl (C=O) groups excluding carboxylic acids is 1. The van der Waals surface area contributed by atoms with E-state index in [4.69, 9.17) is 5.73 Å². The fraction of sp³-hybridized carbons (Fsp3) is 0.133. The molecule has 1 aromatic heterocycles. The number of carbonyl (C=O) groups is 1. The molecule has 5 nitrogen and oxygen atoms in total.